The largest absolute Gasteiger partial charge is 0.479 e. The number of fused-ring (bicyclic) bond motifs is 1. The number of imidazole rings is 1. The van der Waals surface area contributed by atoms with Gasteiger partial charge in [0.25, 0.3) is 0 Å². The minimum absolute atomic E-state index is 0.371. The summed E-state index contributed by atoms with van der Waals surface area (Å²) in [6.07, 6.45) is -15.7. The van der Waals surface area contributed by atoms with Gasteiger partial charge in [0.2, 0.25) is 0 Å². The summed E-state index contributed by atoms with van der Waals surface area (Å²) in [5, 5.41) is 22.9. The highest BCUT2D eigenvalue weighted by atomic mass is 35.5. The Bertz CT molecular complexity index is 1750. The van der Waals surface area contributed by atoms with Gasteiger partial charge in [-0.15, -0.1) is 0 Å². The Kier molecular flexibility index (Phi) is 9.45. The third kappa shape index (κ3) is 9.21. The molecule has 0 saturated carbocycles. The van der Waals surface area contributed by atoms with Gasteiger partial charge in [0, 0.05) is 27.5 Å². The molecule has 1 saturated heterocycles. The molecular formula is C17H25Cl2F3N5O12P3S2. The molecule has 6 atom stereocenters. The Labute approximate surface area is 274 Å². The summed E-state index contributed by atoms with van der Waals surface area (Å²) in [5.74, 6) is -1.32. The summed E-state index contributed by atoms with van der Waals surface area (Å²) in [7, 11) is -17.8. The number of hydrogen-bond donors (Lipinski definition) is 7. The lowest BCUT2D eigenvalue weighted by atomic mass is 10.1. The van der Waals surface area contributed by atoms with Gasteiger partial charge >= 0.3 is 33.0 Å². The summed E-state index contributed by atoms with van der Waals surface area (Å²) in [5.41, 5.74) is -4.05. The van der Waals surface area contributed by atoms with Crippen molar-refractivity contribution in [1.82, 2.24) is 19.5 Å². The molecule has 0 aliphatic carbocycles. The molecule has 0 aromatic carbocycles. The number of nitrogens with zero attached hydrogens (tertiary/aromatic N) is 4. The van der Waals surface area contributed by atoms with Gasteiger partial charge in [-0.3, -0.25) is 18.2 Å². The molecule has 2 aromatic rings. The third-order valence-corrected chi connectivity index (χ3v) is 14.0. The molecule has 0 radical (unpaired) electrons. The molecule has 1 fully saturated rings. The summed E-state index contributed by atoms with van der Waals surface area (Å²) in [6, 6.07) is 0. The van der Waals surface area contributed by atoms with Crippen molar-refractivity contribution in [2.24, 2.45) is 0 Å². The lowest BCUT2D eigenvalue weighted by molar-refractivity contribution is -0.129. The van der Waals surface area contributed by atoms with Gasteiger partial charge in [-0.1, -0.05) is 35.0 Å². The van der Waals surface area contributed by atoms with Crippen molar-refractivity contribution < 1.29 is 79.8 Å². The van der Waals surface area contributed by atoms with Crippen LogP contribution in [-0.2, 0) is 27.3 Å². The van der Waals surface area contributed by atoms with Crippen LogP contribution in [0.2, 0.25) is 0 Å². The maximum absolute atomic E-state index is 12.8. The molecule has 252 valence electrons. The second-order valence-corrected chi connectivity index (χ2v) is 17.8. The third-order valence-electron chi connectivity index (χ3n) is 5.22. The lowest BCUT2D eigenvalue weighted by Gasteiger charge is -2.26. The maximum Gasteiger partial charge on any atom is 0.479 e. The fraction of sp³-hybridized carbons (Fsp3) is 0.706. The zero-order valence-electron chi connectivity index (χ0n) is 28.0. The number of thioether (sulfide) groups is 2. The Hall–Kier alpha value is -0.250. The van der Waals surface area contributed by atoms with Crippen LogP contribution in [0.25, 0.3) is 11.2 Å². The summed E-state index contributed by atoms with van der Waals surface area (Å²) in [6.45, 7) is -4.50. The topological polar surface area (TPSA) is 256 Å². The van der Waals surface area contributed by atoms with Crippen molar-refractivity contribution in [3.05, 3.63) is 6.33 Å². The molecule has 2 aromatic heterocycles. The van der Waals surface area contributed by atoms with Gasteiger partial charge in [-0.05, 0) is 6.18 Å². The lowest BCUT2D eigenvalue weighted by Crippen LogP contribution is -2.33. The molecule has 1 aliphatic rings. The van der Waals surface area contributed by atoms with Crippen LogP contribution in [0.4, 0.5) is 19.0 Å². The van der Waals surface area contributed by atoms with Crippen LogP contribution < -0.4 is 5.32 Å². The summed E-state index contributed by atoms with van der Waals surface area (Å²) in [4.78, 5) is 49.7. The molecule has 27 heteroatoms. The van der Waals surface area contributed by atoms with E-state index < -0.39 is 117 Å². The van der Waals surface area contributed by atoms with E-state index in [-0.39, 0.29) is 11.8 Å². The summed E-state index contributed by atoms with van der Waals surface area (Å²) >= 11 is 10.4. The quantitative estimate of drug-likeness (QED) is 0.0593. The number of anilines is 1. The highest BCUT2D eigenvalue weighted by Crippen LogP contribution is 2.79. The number of aromatic nitrogens is 4. The van der Waals surface area contributed by atoms with Crippen LogP contribution in [0.3, 0.4) is 0 Å². The predicted molar refractivity (Wildman–Crippen MR) is 153 cm³/mol. The Morgan fingerprint density at radius 1 is 1.20 bits per heavy atom. The number of phosphoric ester groups is 1. The highest BCUT2D eigenvalue weighted by molar-refractivity contribution is 7.99. The van der Waals surface area contributed by atoms with Crippen LogP contribution in [0, 0.1) is 0 Å². The fourth-order valence-electron chi connectivity index (χ4n) is 3.24. The number of halogens is 5. The van der Waals surface area contributed by atoms with Crippen molar-refractivity contribution in [2.45, 2.75) is 46.1 Å². The average Bonchev–Trinajstić information content (AvgIpc) is 3.44. The van der Waals surface area contributed by atoms with Gasteiger partial charge in [-0.2, -0.15) is 24.9 Å². The van der Waals surface area contributed by atoms with E-state index in [1.165, 1.54) is 0 Å². The van der Waals surface area contributed by atoms with Crippen molar-refractivity contribution in [3.63, 3.8) is 0 Å². The molecule has 0 amide bonds. The van der Waals surface area contributed by atoms with Gasteiger partial charge in [0.1, 0.15) is 18.3 Å². The van der Waals surface area contributed by atoms with Crippen molar-refractivity contribution >= 4 is 86.7 Å². The van der Waals surface area contributed by atoms with Crippen LogP contribution in [-0.4, -0.2) is 108 Å². The number of ether oxygens (including phenoxy) is 1. The highest BCUT2D eigenvalue weighted by Gasteiger charge is 2.62. The van der Waals surface area contributed by atoms with Crippen LogP contribution in [0.5, 0.6) is 0 Å². The van der Waals surface area contributed by atoms with Crippen molar-refractivity contribution in [1.29, 1.82) is 0 Å². The predicted octanol–water partition coefficient (Wildman–Crippen LogP) is 2.85. The molecule has 7 N–H and O–H groups in total. The van der Waals surface area contributed by atoms with Crippen LogP contribution in [0.1, 0.15) is 22.2 Å². The number of alkyl halides is 5. The number of nitrogens with one attached hydrogen (secondary N) is 1. The van der Waals surface area contributed by atoms with Gasteiger partial charge in [0.15, 0.2) is 28.4 Å². The van der Waals surface area contributed by atoms with Gasteiger partial charge in [-0.25, -0.2) is 23.8 Å². The Morgan fingerprint density at radius 2 is 1.89 bits per heavy atom. The van der Waals surface area contributed by atoms with Crippen LogP contribution >= 0.6 is 69.7 Å². The van der Waals surface area contributed by atoms with Crippen molar-refractivity contribution in [2.75, 3.05) is 36.1 Å². The van der Waals surface area contributed by atoms with E-state index in [9.17, 15) is 46.9 Å². The second-order valence-electron chi connectivity index (χ2n) is 8.31. The zero-order chi connectivity index (χ0) is 39.4. The molecule has 1 aliphatic heterocycles. The van der Waals surface area contributed by atoms with Gasteiger partial charge in [0.05, 0.1) is 19.4 Å². The van der Waals surface area contributed by atoms with E-state index in [1.54, 1.807) is 0 Å². The minimum atomic E-state index is -6.07. The fourth-order valence-corrected chi connectivity index (χ4v) is 8.41. The number of aliphatic hydroxyl groups is 2. The molecule has 3 heterocycles. The van der Waals surface area contributed by atoms with E-state index in [0.29, 0.717) is 11.8 Å². The van der Waals surface area contributed by atoms with E-state index in [1.807, 2.05) is 5.32 Å². The molecular weight excluding hydrogens is 751 g/mol. The standard InChI is InChI=1S/C17H25Cl2F3N5O12P3S2/c1-43-5-3-23-12-9-13(26-15(25-12)44-4-2-16(20,21)22)27(7-24-9)14-11(29)10(28)8(38-14)6-37-42(35,36)39-41(33,34)17(18,19)40(30,31)32/h7-8,10-11,14,28-29H,2-6H2,1H3,(H,33,34)(H,35,36)(H,23,25,26)(H2,30,31,32)/t8-,10-,11-,14-/m1/s1/i1D3,3D2,5D2. The maximum atomic E-state index is 12.8. The molecule has 17 nitrogen and oxygen atoms in total. The second kappa shape index (κ2) is 14.5. The first-order valence-corrected chi connectivity index (χ1v) is 18.3. The number of hydrogen-bond acceptors (Lipinski definition) is 14. The number of rotatable bonds is 15. The first-order chi connectivity index (χ1) is 22.7. The monoisotopic (exact) mass is 782 g/mol. The van der Waals surface area contributed by atoms with E-state index in [4.69, 9.17) is 47.3 Å². The normalized spacial score (nSPS) is 27.7. The molecule has 2 unspecified atom stereocenters. The zero-order valence-corrected chi connectivity index (χ0v) is 26.8. The van der Waals surface area contributed by atoms with Crippen LogP contribution in [0.15, 0.2) is 11.5 Å². The average molecular weight is 783 g/mol. The smallest absolute Gasteiger partial charge is 0.387 e. The van der Waals surface area contributed by atoms with Crippen molar-refractivity contribution in [3.8, 4) is 0 Å². The van der Waals surface area contributed by atoms with E-state index in [2.05, 4.69) is 23.8 Å². The molecule has 0 bridgehead atoms. The minimum Gasteiger partial charge on any atom is -0.387 e. The van der Waals surface area contributed by atoms with E-state index >= 15 is 0 Å². The van der Waals surface area contributed by atoms with Gasteiger partial charge < -0.3 is 39.8 Å². The molecule has 0 spiro atoms. The SMILES string of the molecule is [2H]C([2H])([2H])SC([2H])([2H])C([2H])([2H])Nc1nc(SCCC(F)(F)F)nc2c1ncn2[C@@H]1O[C@H](COP(=O)(O)OP(=O)(O)C(Cl)(Cl)P(=O)(O)O)[C@@H](O)[C@H]1O. The molecule has 3 rings (SSSR count). The first kappa shape index (κ1) is 28.7. The first-order valence-electron chi connectivity index (χ1n) is 14.6. The van der Waals surface area contributed by atoms with E-state index in [0.717, 1.165) is 10.9 Å². The summed E-state index contributed by atoms with van der Waals surface area (Å²) < 4.78 is 139. The molecule has 44 heavy (non-hydrogen) atoms. The Balaban J connectivity index is 1.94. The Morgan fingerprint density at radius 3 is 2.50 bits per heavy atom. The number of phosphoric acid groups is 1. The number of aliphatic hydroxyl groups excluding tert-OH is 2.